The average molecular weight is 637 g/mol. The van der Waals surface area contributed by atoms with Gasteiger partial charge in [-0.3, -0.25) is 5.87 Å². The minimum absolute atomic E-state index is 0. The van der Waals surface area contributed by atoms with Crippen LogP contribution in [0.3, 0.4) is 0 Å². The van der Waals surface area contributed by atoms with Gasteiger partial charge in [0.15, 0.2) is 0 Å². The fraction of sp³-hybridized carbons (Fsp3) is 0.316. The fourth-order valence-electron chi connectivity index (χ4n) is 5.80. The van der Waals surface area contributed by atoms with Crippen molar-refractivity contribution in [2.75, 3.05) is 0 Å². The predicted octanol–water partition coefficient (Wildman–Crippen LogP) is 9.11. The van der Waals surface area contributed by atoms with Crippen LogP contribution in [0.5, 0.6) is 0 Å². The summed E-state index contributed by atoms with van der Waals surface area (Å²) < 4.78 is 0. The molecule has 0 N–H and O–H groups in total. The summed E-state index contributed by atoms with van der Waals surface area (Å²) in [5.74, 6) is 2.14. The molecule has 7 heteroatoms. The maximum Gasteiger partial charge on any atom is 2.00 e. The first-order valence-corrected chi connectivity index (χ1v) is 15.8. The minimum atomic E-state index is 0. The van der Waals surface area contributed by atoms with Crippen molar-refractivity contribution in [1.29, 1.82) is 5.26 Å². The molecule has 0 amide bonds. The molecule has 5 rings (SSSR count). The Balaban J connectivity index is 0.00000461. The van der Waals surface area contributed by atoms with Crippen LogP contribution >= 0.6 is 0 Å². The summed E-state index contributed by atoms with van der Waals surface area (Å²) in [5, 5.41) is 18.8. The van der Waals surface area contributed by atoms with Gasteiger partial charge in [-0.25, -0.2) is 15.0 Å². The second-order valence-electron chi connectivity index (χ2n) is 11.2. The van der Waals surface area contributed by atoms with E-state index < -0.39 is 0 Å². The number of hydrogen-bond acceptors (Lipinski definition) is 4. The molecule has 6 nitrogen and oxygen atoms in total. The number of aliphatic imine (C=N–C) groups is 3. The molecule has 0 fully saturated rings. The predicted molar refractivity (Wildman–Crippen MR) is 184 cm³/mol. The Kier molecular flexibility index (Phi) is 12.4. The molecule has 0 aromatic carbocycles. The molecule has 230 valence electrons. The van der Waals surface area contributed by atoms with Gasteiger partial charge in [0.1, 0.15) is 0 Å². The van der Waals surface area contributed by atoms with Crippen LogP contribution in [0.1, 0.15) is 89.4 Å². The molecular formula is C38H38N6Ni. The zero-order chi connectivity index (χ0) is 30.7. The number of aromatic nitrogens is 1. The summed E-state index contributed by atoms with van der Waals surface area (Å²) in [6.45, 7) is 4.43. The Bertz CT molecular complexity index is 1730. The topological polar surface area (TPSA) is 97.3 Å². The number of unbranched alkanes of at least 4 members (excludes halogenated alkanes) is 6. The molecule has 4 aliphatic rings. The summed E-state index contributed by atoms with van der Waals surface area (Å²) in [4.78, 5) is 20.4. The summed E-state index contributed by atoms with van der Waals surface area (Å²) in [7, 11) is 0. The quantitative estimate of drug-likeness (QED) is 0.0989. The van der Waals surface area contributed by atoms with Crippen molar-refractivity contribution in [3.05, 3.63) is 118 Å². The van der Waals surface area contributed by atoms with Crippen molar-refractivity contribution in [2.24, 2.45) is 15.0 Å². The molecule has 0 aliphatic carbocycles. The molecule has 0 spiro atoms. The van der Waals surface area contributed by atoms with E-state index in [0.29, 0.717) is 0 Å². The maximum atomic E-state index is 9.39. The van der Waals surface area contributed by atoms with Gasteiger partial charge in [0.05, 0.1) is 40.3 Å². The SMILES string of the molecule is CCCCCCC1=C2C=CC(=N2)/C(=C\C=C=[N-])C2=NC(=C(CCCCCC)c3ccc([n-]3)C(/C=C/C#N)=C3C=CC1=N3)C=C2.[Ni+2]. The summed E-state index contributed by atoms with van der Waals surface area (Å²) in [6, 6.07) is 6.21. The average Bonchev–Trinajstić information content (AvgIpc) is 3.86. The third-order valence-corrected chi connectivity index (χ3v) is 8.11. The van der Waals surface area contributed by atoms with E-state index in [2.05, 4.69) is 50.1 Å². The van der Waals surface area contributed by atoms with E-state index in [9.17, 15) is 10.7 Å². The minimum Gasteiger partial charge on any atom is -0.763 e. The molecule has 5 heterocycles. The molecule has 45 heavy (non-hydrogen) atoms. The van der Waals surface area contributed by atoms with Crippen LogP contribution in [0, 0.1) is 11.3 Å². The standard InChI is InChI=1S/C38H38N6.Ni/c1-3-5-7-9-13-27-31-17-21-35(41-31)29(15-11-25-39)37-23-19-33(43-37)28(14-10-8-6-4-2)34-20-24-38(44-34)30(16-12-26-40)36-22-18-32(27)42-36;/h11-12,15-24H,3-10,13-14H2,1-2H3;/q-2;+2/b15-11+,30-16-,32-27?,34-28?,37-29?;. The molecule has 0 atom stereocenters. The molecule has 0 unspecified atom stereocenters. The van der Waals surface area contributed by atoms with Crippen molar-refractivity contribution >= 4 is 34.2 Å². The van der Waals surface area contributed by atoms with Crippen LogP contribution in [0.15, 0.2) is 116 Å². The first kappa shape index (κ1) is 33.5. The Hall–Kier alpha value is -4.36. The van der Waals surface area contributed by atoms with Gasteiger partial charge < -0.3 is 10.4 Å². The normalized spacial score (nSPS) is 17.6. The number of rotatable bonds is 12. The molecule has 8 bridgehead atoms. The Morgan fingerprint density at radius 3 is 1.96 bits per heavy atom. The zero-order valence-corrected chi connectivity index (χ0v) is 27.0. The van der Waals surface area contributed by atoms with Crippen molar-refractivity contribution in [1.82, 2.24) is 4.98 Å². The van der Waals surface area contributed by atoms with E-state index >= 15 is 0 Å². The number of allylic oxidation sites excluding steroid dienone is 14. The van der Waals surface area contributed by atoms with Gasteiger partial charge >= 0.3 is 16.5 Å². The third-order valence-electron chi connectivity index (χ3n) is 8.11. The van der Waals surface area contributed by atoms with E-state index in [1.807, 2.05) is 36.4 Å². The van der Waals surface area contributed by atoms with Crippen LogP contribution in [-0.4, -0.2) is 23.0 Å². The van der Waals surface area contributed by atoms with E-state index in [0.717, 1.165) is 106 Å². The second kappa shape index (κ2) is 16.6. The van der Waals surface area contributed by atoms with E-state index in [4.69, 9.17) is 20.0 Å². The van der Waals surface area contributed by atoms with Crippen LogP contribution in [0.2, 0.25) is 0 Å². The van der Waals surface area contributed by atoms with Crippen LogP contribution < -0.4 is 4.98 Å². The zero-order valence-electron chi connectivity index (χ0n) is 26.0. The van der Waals surface area contributed by atoms with E-state index in [-0.39, 0.29) is 16.5 Å². The van der Waals surface area contributed by atoms with Crippen LogP contribution in [0.25, 0.3) is 16.6 Å². The van der Waals surface area contributed by atoms with E-state index in [1.54, 1.807) is 0 Å². The molecule has 0 saturated heterocycles. The Morgan fingerprint density at radius 1 is 0.733 bits per heavy atom. The van der Waals surface area contributed by atoms with Crippen LogP contribution in [0.4, 0.5) is 0 Å². The van der Waals surface area contributed by atoms with Gasteiger partial charge in [-0.1, -0.05) is 64.5 Å². The molecule has 4 aliphatic heterocycles. The van der Waals surface area contributed by atoms with Gasteiger partial charge in [-0.2, -0.15) is 5.26 Å². The van der Waals surface area contributed by atoms with Gasteiger partial charge in [0, 0.05) is 17.2 Å². The number of nitrogens with zero attached hydrogens (tertiary/aromatic N) is 6. The Labute approximate surface area is 277 Å². The second-order valence-corrected chi connectivity index (χ2v) is 11.2. The molecule has 1 aromatic heterocycles. The van der Waals surface area contributed by atoms with Gasteiger partial charge in [0.25, 0.3) is 0 Å². The van der Waals surface area contributed by atoms with Crippen molar-refractivity contribution in [3.8, 4) is 6.07 Å². The first-order valence-electron chi connectivity index (χ1n) is 15.8. The molecular weight excluding hydrogens is 599 g/mol. The summed E-state index contributed by atoms with van der Waals surface area (Å²) >= 11 is 0. The largest absolute Gasteiger partial charge is 2.00 e. The number of fused-ring (bicyclic) bond motifs is 5. The van der Waals surface area contributed by atoms with Crippen molar-refractivity contribution < 1.29 is 16.5 Å². The smallest absolute Gasteiger partial charge is 0.763 e. The molecule has 1 aromatic rings. The number of hydrogen-bond donors (Lipinski definition) is 0. The first-order chi connectivity index (χ1) is 21.7. The van der Waals surface area contributed by atoms with Crippen molar-refractivity contribution in [2.45, 2.75) is 78.1 Å². The summed E-state index contributed by atoms with van der Waals surface area (Å²) in [6.07, 6.45) is 29.6. The number of nitriles is 1. The summed E-state index contributed by atoms with van der Waals surface area (Å²) in [5.41, 5.74) is 10.5. The van der Waals surface area contributed by atoms with Crippen LogP contribution in [-0.2, 0) is 16.5 Å². The Morgan fingerprint density at radius 2 is 1.31 bits per heavy atom. The van der Waals surface area contributed by atoms with Gasteiger partial charge in [-0.05, 0) is 91.5 Å². The van der Waals surface area contributed by atoms with E-state index in [1.165, 1.54) is 37.8 Å². The monoisotopic (exact) mass is 636 g/mol. The fourth-order valence-corrected chi connectivity index (χ4v) is 5.80. The molecule has 0 radical (unpaired) electrons. The van der Waals surface area contributed by atoms with Gasteiger partial charge in [-0.15, -0.1) is 11.4 Å². The molecule has 0 saturated carbocycles. The van der Waals surface area contributed by atoms with Gasteiger partial charge in [0.2, 0.25) is 0 Å². The third kappa shape index (κ3) is 8.03. The maximum absolute atomic E-state index is 9.39. The van der Waals surface area contributed by atoms with Crippen molar-refractivity contribution in [3.63, 3.8) is 0 Å².